The maximum atomic E-state index is 6.24. The Morgan fingerprint density at radius 3 is 1.43 bits per heavy atom. The van der Waals surface area contributed by atoms with Gasteiger partial charge in [-0.05, 0) is 106 Å². The minimum atomic E-state index is -0.105. The fourth-order valence-electron chi connectivity index (χ4n) is 8.77. The minimum Gasteiger partial charge on any atom is -0.456 e. The van der Waals surface area contributed by atoms with Crippen LogP contribution in [0.4, 0.5) is 17.1 Å². The van der Waals surface area contributed by atoms with Gasteiger partial charge in [-0.25, -0.2) is 0 Å². The van der Waals surface area contributed by atoms with E-state index in [-0.39, 0.29) is 5.41 Å². The zero-order valence-corrected chi connectivity index (χ0v) is 30.0. The lowest BCUT2D eigenvalue weighted by Gasteiger charge is -2.29. The van der Waals surface area contributed by atoms with Crippen molar-refractivity contribution in [1.29, 1.82) is 0 Å². The molecule has 2 aromatic heterocycles. The molecule has 8 aromatic carbocycles. The van der Waals surface area contributed by atoms with Crippen molar-refractivity contribution in [3.8, 4) is 33.4 Å². The highest BCUT2D eigenvalue weighted by atomic mass is 16.3. The van der Waals surface area contributed by atoms with Crippen LogP contribution in [0.15, 0.2) is 185 Å². The summed E-state index contributed by atoms with van der Waals surface area (Å²) in [5.41, 5.74) is 16.7. The molecule has 0 saturated carbocycles. The molecule has 2 heterocycles. The van der Waals surface area contributed by atoms with Gasteiger partial charge in [-0.15, -0.1) is 0 Å². The van der Waals surface area contributed by atoms with E-state index in [1.807, 2.05) is 24.3 Å². The normalized spacial score (nSPS) is 13.1. The quantitative estimate of drug-likeness (QED) is 0.180. The first-order valence-corrected chi connectivity index (χ1v) is 18.6. The summed E-state index contributed by atoms with van der Waals surface area (Å²) < 4.78 is 12.5. The van der Waals surface area contributed by atoms with Crippen LogP contribution in [-0.4, -0.2) is 0 Å². The molecule has 256 valence electrons. The number of anilines is 3. The molecular weight excluding hydrogens is 659 g/mol. The Morgan fingerprint density at radius 1 is 0.389 bits per heavy atom. The summed E-state index contributed by atoms with van der Waals surface area (Å²) in [5.74, 6) is 0. The highest BCUT2D eigenvalue weighted by Gasteiger charge is 2.37. The van der Waals surface area contributed by atoms with Crippen molar-refractivity contribution in [2.24, 2.45) is 0 Å². The average Bonchev–Trinajstić information content (AvgIpc) is 3.86. The molecule has 0 bridgehead atoms. The van der Waals surface area contributed by atoms with Crippen molar-refractivity contribution in [2.45, 2.75) is 19.3 Å². The van der Waals surface area contributed by atoms with Crippen LogP contribution in [0.1, 0.15) is 25.0 Å². The smallest absolute Gasteiger partial charge is 0.136 e. The molecule has 0 saturated heterocycles. The Balaban J connectivity index is 1.03. The highest BCUT2D eigenvalue weighted by Crippen LogP contribution is 2.54. The molecule has 0 spiro atoms. The Bertz CT molecular complexity index is 2910. The standard InChI is InChI=1S/C51H35NO2/c1-51(2)43-13-6-3-12-42(43)50-44(51)14-9-15-45(50)52(36-24-18-32(19-25-36)34-22-28-40-38-10-4-7-16-46(38)53-48(40)30-34)37-26-20-33(21-27-37)35-23-29-41-39-11-5-8-17-47(39)54-49(41)31-35/h3-31H,1-2H3. The zero-order chi connectivity index (χ0) is 36.0. The van der Waals surface area contributed by atoms with Gasteiger partial charge in [0, 0.05) is 43.9 Å². The third-order valence-electron chi connectivity index (χ3n) is 11.5. The fraction of sp³-hybridized carbons (Fsp3) is 0.0588. The van der Waals surface area contributed by atoms with Gasteiger partial charge in [0.2, 0.25) is 0 Å². The monoisotopic (exact) mass is 693 g/mol. The SMILES string of the molecule is CC1(C)c2ccccc2-c2c(N(c3ccc(-c4ccc5c(c4)oc4ccccc45)cc3)c3ccc(-c4ccc5c(c4)oc4ccccc45)cc3)cccc21. The third kappa shape index (κ3) is 4.61. The molecule has 1 aliphatic rings. The van der Waals surface area contributed by atoms with Crippen molar-refractivity contribution in [2.75, 3.05) is 4.90 Å². The maximum absolute atomic E-state index is 6.24. The summed E-state index contributed by atoms with van der Waals surface area (Å²) in [6.07, 6.45) is 0. The second-order valence-corrected chi connectivity index (χ2v) is 14.9. The molecule has 1 aliphatic carbocycles. The van der Waals surface area contributed by atoms with Crippen molar-refractivity contribution in [1.82, 2.24) is 0 Å². The van der Waals surface area contributed by atoms with Crippen molar-refractivity contribution >= 4 is 60.9 Å². The number of furan rings is 2. The molecule has 3 heteroatoms. The van der Waals surface area contributed by atoms with Crippen LogP contribution in [0, 0.1) is 0 Å². The molecule has 11 rings (SSSR count). The highest BCUT2D eigenvalue weighted by molar-refractivity contribution is 6.07. The van der Waals surface area contributed by atoms with E-state index in [9.17, 15) is 0 Å². The molecule has 0 unspecified atom stereocenters. The van der Waals surface area contributed by atoms with E-state index in [1.165, 1.54) is 27.9 Å². The van der Waals surface area contributed by atoms with Crippen molar-refractivity contribution in [3.63, 3.8) is 0 Å². The number of fused-ring (bicyclic) bond motifs is 9. The third-order valence-corrected chi connectivity index (χ3v) is 11.5. The van der Waals surface area contributed by atoms with E-state index in [2.05, 4.69) is 170 Å². The first-order valence-electron chi connectivity index (χ1n) is 18.6. The lowest BCUT2D eigenvalue weighted by molar-refractivity contribution is 0.660. The molecule has 0 fully saturated rings. The van der Waals surface area contributed by atoms with Crippen molar-refractivity contribution < 1.29 is 8.83 Å². The van der Waals surface area contributed by atoms with Gasteiger partial charge in [-0.1, -0.05) is 123 Å². The molecule has 0 radical (unpaired) electrons. The van der Waals surface area contributed by atoms with E-state index in [4.69, 9.17) is 8.83 Å². The summed E-state index contributed by atoms with van der Waals surface area (Å²) >= 11 is 0. The van der Waals surface area contributed by atoms with Crippen LogP contribution in [0.5, 0.6) is 0 Å². The van der Waals surface area contributed by atoms with Gasteiger partial charge in [-0.3, -0.25) is 0 Å². The predicted octanol–water partition coefficient (Wildman–Crippen LogP) is 14.6. The summed E-state index contributed by atoms with van der Waals surface area (Å²) in [5, 5.41) is 4.57. The average molecular weight is 694 g/mol. The van der Waals surface area contributed by atoms with Gasteiger partial charge < -0.3 is 13.7 Å². The van der Waals surface area contributed by atoms with E-state index in [0.717, 1.165) is 77.5 Å². The Hall–Kier alpha value is -6.84. The van der Waals surface area contributed by atoms with Crippen molar-refractivity contribution in [3.05, 3.63) is 187 Å². The molecule has 0 aliphatic heterocycles. The largest absolute Gasteiger partial charge is 0.456 e. The topological polar surface area (TPSA) is 29.5 Å². The molecular formula is C51H35NO2. The van der Waals surface area contributed by atoms with Crippen LogP contribution in [-0.2, 0) is 5.41 Å². The number of nitrogens with zero attached hydrogens (tertiary/aromatic N) is 1. The molecule has 10 aromatic rings. The minimum absolute atomic E-state index is 0.105. The van der Waals surface area contributed by atoms with E-state index in [1.54, 1.807) is 0 Å². The van der Waals surface area contributed by atoms with Gasteiger partial charge in [0.1, 0.15) is 22.3 Å². The van der Waals surface area contributed by atoms with Gasteiger partial charge in [0.15, 0.2) is 0 Å². The number of rotatable bonds is 5. The zero-order valence-electron chi connectivity index (χ0n) is 30.0. The Kier molecular flexibility index (Phi) is 6.60. The lowest BCUT2D eigenvalue weighted by Crippen LogP contribution is -2.16. The second-order valence-electron chi connectivity index (χ2n) is 14.9. The van der Waals surface area contributed by atoms with Crippen LogP contribution in [0.2, 0.25) is 0 Å². The molecule has 0 atom stereocenters. The number of hydrogen-bond donors (Lipinski definition) is 0. The van der Waals surface area contributed by atoms with Crippen LogP contribution in [0.25, 0.3) is 77.3 Å². The first-order chi connectivity index (χ1) is 26.5. The number of hydrogen-bond acceptors (Lipinski definition) is 3. The van der Waals surface area contributed by atoms with Gasteiger partial charge >= 0.3 is 0 Å². The second kappa shape index (κ2) is 11.6. The van der Waals surface area contributed by atoms with Gasteiger partial charge in [0.05, 0.1) is 5.69 Å². The molecule has 0 amide bonds. The van der Waals surface area contributed by atoms with E-state index in [0.29, 0.717) is 0 Å². The van der Waals surface area contributed by atoms with E-state index < -0.39 is 0 Å². The van der Waals surface area contributed by atoms with Gasteiger partial charge in [-0.2, -0.15) is 0 Å². The fourth-order valence-corrected chi connectivity index (χ4v) is 8.77. The van der Waals surface area contributed by atoms with Crippen LogP contribution in [0.3, 0.4) is 0 Å². The maximum Gasteiger partial charge on any atom is 0.136 e. The number of benzene rings is 8. The summed E-state index contributed by atoms with van der Waals surface area (Å²) in [7, 11) is 0. The van der Waals surface area contributed by atoms with Gasteiger partial charge in [0.25, 0.3) is 0 Å². The van der Waals surface area contributed by atoms with Crippen LogP contribution < -0.4 is 4.90 Å². The summed E-state index contributed by atoms with van der Waals surface area (Å²) in [4.78, 5) is 2.41. The van der Waals surface area contributed by atoms with E-state index >= 15 is 0 Å². The Morgan fingerprint density at radius 2 is 0.852 bits per heavy atom. The predicted molar refractivity (Wildman–Crippen MR) is 224 cm³/mol. The number of para-hydroxylation sites is 2. The Labute approximate surface area is 313 Å². The molecule has 0 N–H and O–H groups in total. The first kappa shape index (κ1) is 30.8. The molecule has 54 heavy (non-hydrogen) atoms. The summed E-state index contributed by atoms with van der Waals surface area (Å²) in [6, 6.07) is 63.1. The van der Waals surface area contributed by atoms with Crippen LogP contribution >= 0.6 is 0 Å². The summed E-state index contributed by atoms with van der Waals surface area (Å²) in [6.45, 7) is 4.68. The molecule has 3 nitrogen and oxygen atoms in total. The lowest BCUT2D eigenvalue weighted by atomic mass is 9.82.